The Labute approximate surface area is 116 Å². The van der Waals surface area contributed by atoms with E-state index in [-0.39, 0.29) is 12.5 Å². The van der Waals surface area contributed by atoms with Crippen molar-refractivity contribution in [2.45, 2.75) is 24.6 Å². The lowest BCUT2D eigenvalue weighted by Crippen LogP contribution is -2.41. The van der Waals surface area contributed by atoms with Gasteiger partial charge >= 0.3 is 0 Å². The molecule has 3 nitrogen and oxygen atoms in total. The minimum absolute atomic E-state index is 0.0787. The molecule has 0 aliphatic carbocycles. The molecule has 18 heavy (non-hydrogen) atoms. The van der Waals surface area contributed by atoms with Gasteiger partial charge in [0.15, 0.2) is 6.61 Å². The highest BCUT2D eigenvalue weighted by Crippen LogP contribution is 2.18. The maximum absolute atomic E-state index is 11.9. The van der Waals surface area contributed by atoms with Crippen molar-refractivity contribution in [3.8, 4) is 5.75 Å². The molecule has 0 bridgehead atoms. The topological polar surface area (TPSA) is 29.5 Å². The summed E-state index contributed by atoms with van der Waals surface area (Å²) in [6, 6.07) is 7.76. The van der Waals surface area contributed by atoms with Crippen LogP contribution in [0, 0.1) is 6.92 Å². The van der Waals surface area contributed by atoms with Gasteiger partial charge in [0.05, 0.1) is 0 Å². The van der Waals surface area contributed by atoms with Crippen molar-refractivity contribution < 1.29 is 9.53 Å². The van der Waals surface area contributed by atoms with Gasteiger partial charge in [-0.2, -0.15) is 0 Å². The molecule has 0 atom stereocenters. The van der Waals surface area contributed by atoms with Crippen LogP contribution in [0.25, 0.3) is 0 Å². The van der Waals surface area contributed by atoms with Crippen LogP contribution < -0.4 is 4.74 Å². The Morgan fingerprint density at radius 2 is 1.94 bits per heavy atom. The van der Waals surface area contributed by atoms with Crippen LogP contribution in [0.1, 0.15) is 18.4 Å². The average Bonchev–Trinajstić information content (AvgIpc) is 2.38. The van der Waals surface area contributed by atoms with Crippen molar-refractivity contribution in [3.63, 3.8) is 0 Å². The van der Waals surface area contributed by atoms with Crippen molar-refractivity contribution in [1.82, 2.24) is 4.90 Å². The number of benzene rings is 1. The van der Waals surface area contributed by atoms with Crippen molar-refractivity contribution in [3.05, 3.63) is 29.8 Å². The Morgan fingerprint density at radius 1 is 1.33 bits per heavy atom. The number of ether oxygens (including phenoxy) is 1. The number of aryl methyl sites for hydroxylation is 1. The maximum Gasteiger partial charge on any atom is 0.260 e. The van der Waals surface area contributed by atoms with E-state index in [1.54, 1.807) is 0 Å². The molecule has 0 radical (unpaired) electrons. The highest BCUT2D eigenvalue weighted by Gasteiger charge is 2.21. The van der Waals surface area contributed by atoms with Crippen molar-refractivity contribution >= 4 is 21.8 Å². The first-order valence-corrected chi connectivity index (χ1v) is 7.18. The molecule has 0 aromatic heterocycles. The van der Waals surface area contributed by atoms with Crippen molar-refractivity contribution in [2.24, 2.45) is 0 Å². The molecule has 0 spiro atoms. The van der Waals surface area contributed by atoms with E-state index in [0.717, 1.165) is 31.7 Å². The number of likely N-dealkylation sites (tertiary alicyclic amines) is 1. The molecule has 1 heterocycles. The lowest BCUT2D eigenvalue weighted by atomic mass is 10.1. The Kier molecular flexibility index (Phi) is 4.64. The quantitative estimate of drug-likeness (QED) is 0.803. The number of amides is 1. The summed E-state index contributed by atoms with van der Waals surface area (Å²) in [6.07, 6.45) is 2.05. The molecule has 0 N–H and O–H groups in total. The summed E-state index contributed by atoms with van der Waals surface area (Å²) in [5, 5.41) is 0. The van der Waals surface area contributed by atoms with Gasteiger partial charge in [-0.05, 0) is 31.9 Å². The zero-order chi connectivity index (χ0) is 13.0. The monoisotopic (exact) mass is 311 g/mol. The minimum Gasteiger partial charge on any atom is -0.484 e. The maximum atomic E-state index is 11.9. The number of halogens is 1. The zero-order valence-corrected chi connectivity index (χ0v) is 12.1. The summed E-state index contributed by atoms with van der Waals surface area (Å²) in [6.45, 7) is 3.81. The average molecular weight is 312 g/mol. The van der Waals surface area contributed by atoms with E-state index in [1.807, 2.05) is 36.1 Å². The number of nitrogens with zero attached hydrogens (tertiary/aromatic N) is 1. The van der Waals surface area contributed by atoms with Crippen molar-refractivity contribution in [1.29, 1.82) is 0 Å². The fourth-order valence-corrected chi connectivity index (χ4v) is 2.38. The van der Waals surface area contributed by atoms with Gasteiger partial charge in [-0.25, -0.2) is 0 Å². The SMILES string of the molecule is Cc1ccc(OCC(=O)N2CCC(Br)CC2)cc1. The predicted octanol–water partition coefficient (Wildman–Crippen LogP) is 2.76. The molecule has 1 amide bonds. The van der Waals surface area contributed by atoms with Gasteiger partial charge in [0, 0.05) is 17.9 Å². The third-order valence-electron chi connectivity index (χ3n) is 3.16. The van der Waals surface area contributed by atoms with Gasteiger partial charge in [-0.1, -0.05) is 33.6 Å². The first-order valence-electron chi connectivity index (χ1n) is 6.26. The van der Waals surface area contributed by atoms with Gasteiger partial charge in [0.2, 0.25) is 0 Å². The van der Waals surface area contributed by atoms with E-state index in [0.29, 0.717) is 4.83 Å². The van der Waals surface area contributed by atoms with Crippen LogP contribution in [0.5, 0.6) is 5.75 Å². The smallest absolute Gasteiger partial charge is 0.260 e. The highest BCUT2D eigenvalue weighted by molar-refractivity contribution is 9.09. The van der Waals surface area contributed by atoms with Crippen LogP contribution in [0.15, 0.2) is 24.3 Å². The van der Waals surface area contributed by atoms with Gasteiger partial charge < -0.3 is 9.64 Å². The number of carbonyl (C=O) groups is 1. The van der Waals surface area contributed by atoms with Crippen LogP contribution in [0.4, 0.5) is 0 Å². The number of rotatable bonds is 3. The molecule has 1 aromatic rings. The minimum atomic E-state index is 0.0787. The van der Waals surface area contributed by atoms with Gasteiger partial charge in [-0.3, -0.25) is 4.79 Å². The van der Waals surface area contributed by atoms with Crippen LogP contribution in [0.3, 0.4) is 0 Å². The van der Waals surface area contributed by atoms with E-state index in [1.165, 1.54) is 5.56 Å². The number of alkyl halides is 1. The standard InChI is InChI=1S/C14H18BrNO2/c1-11-2-4-13(5-3-11)18-10-14(17)16-8-6-12(15)7-9-16/h2-5,12H,6-10H2,1H3. The van der Waals surface area contributed by atoms with E-state index in [4.69, 9.17) is 4.74 Å². The molecule has 1 aliphatic rings. The second-order valence-corrected chi connectivity index (χ2v) is 5.95. The molecule has 1 aliphatic heterocycles. The molecular weight excluding hydrogens is 294 g/mol. The van der Waals surface area contributed by atoms with E-state index in [2.05, 4.69) is 15.9 Å². The van der Waals surface area contributed by atoms with Crippen molar-refractivity contribution in [2.75, 3.05) is 19.7 Å². The Bertz CT molecular complexity index is 397. The molecule has 0 unspecified atom stereocenters. The molecular formula is C14H18BrNO2. The first-order chi connectivity index (χ1) is 8.65. The Hall–Kier alpha value is -1.03. The summed E-state index contributed by atoms with van der Waals surface area (Å²) in [5.41, 5.74) is 1.19. The summed E-state index contributed by atoms with van der Waals surface area (Å²) in [5.74, 6) is 0.833. The van der Waals surface area contributed by atoms with Gasteiger partial charge in [0.25, 0.3) is 5.91 Å². The highest BCUT2D eigenvalue weighted by atomic mass is 79.9. The molecule has 1 saturated heterocycles. The summed E-state index contributed by atoms with van der Waals surface area (Å²) >= 11 is 3.58. The second kappa shape index (κ2) is 6.23. The second-order valence-electron chi connectivity index (χ2n) is 4.66. The lowest BCUT2D eigenvalue weighted by Gasteiger charge is -2.29. The molecule has 0 saturated carbocycles. The molecule has 1 aromatic carbocycles. The number of hydrogen-bond acceptors (Lipinski definition) is 2. The third kappa shape index (κ3) is 3.73. The third-order valence-corrected chi connectivity index (χ3v) is 4.08. The number of hydrogen-bond donors (Lipinski definition) is 0. The van der Waals surface area contributed by atoms with Crippen LogP contribution >= 0.6 is 15.9 Å². The Balaban J connectivity index is 1.79. The largest absolute Gasteiger partial charge is 0.484 e. The van der Waals surface area contributed by atoms with E-state index >= 15 is 0 Å². The molecule has 98 valence electrons. The number of piperidine rings is 1. The Morgan fingerprint density at radius 3 is 2.56 bits per heavy atom. The van der Waals surface area contributed by atoms with Gasteiger partial charge in [-0.15, -0.1) is 0 Å². The van der Waals surface area contributed by atoms with Crippen LogP contribution in [-0.2, 0) is 4.79 Å². The van der Waals surface area contributed by atoms with Gasteiger partial charge in [0.1, 0.15) is 5.75 Å². The van der Waals surface area contributed by atoms with E-state index < -0.39 is 0 Å². The summed E-state index contributed by atoms with van der Waals surface area (Å²) in [7, 11) is 0. The summed E-state index contributed by atoms with van der Waals surface area (Å²) in [4.78, 5) is 14.4. The predicted molar refractivity (Wildman–Crippen MR) is 75.2 cm³/mol. The molecule has 4 heteroatoms. The fraction of sp³-hybridized carbons (Fsp3) is 0.500. The summed E-state index contributed by atoms with van der Waals surface area (Å²) < 4.78 is 5.50. The molecule has 2 rings (SSSR count). The first kappa shape index (κ1) is 13.4. The zero-order valence-electron chi connectivity index (χ0n) is 10.6. The molecule has 1 fully saturated rings. The van der Waals surface area contributed by atoms with Crippen LogP contribution in [-0.4, -0.2) is 35.3 Å². The fourth-order valence-electron chi connectivity index (χ4n) is 1.97. The normalized spacial score (nSPS) is 16.7. The van der Waals surface area contributed by atoms with Crippen LogP contribution in [0.2, 0.25) is 0 Å². The lowest BCUT2D eigenvalue weighted by molar-refractivity contribution is -0.134. The van der Waals surface area contributed by atoms with E-state index in [9.17, 15) is 4.79 Å². The number of carbonyl (C=O) groups excluding carboxylic acids is 1.